The van der Waals surface area contributed by atoms with Crippen molar-refractivity contribution in [3.05, 3.63) is 29.5 Å². The molecule has 1 aliphatic heterocycles. The molecule has 1 aliphatic carbocycles. The third-order valence-electron chi connectivity index (χ3n) is 4.75. The minimum Gasteiger partial charge on any atom is -0.514 e. The zero-order valence-electron chi connectivity index (χ0n) is 13.9. The van der Waals surface area contributed by atoms with Gasteiger partial charge in [-0.05, 0) is 37.0 Å². The summed E-state index contributed by atoms with van der Waals surface area (Å²) in [5, 5.41) is 1.23. The van der Waals surface area contributed by atoms with Crippen LogP contribution in [0, 0.1) is 0 Å². The molecule has 0 bridgehead atoms. The molecule has 1 fully saturated rings. The fraction of sp³-hybridized carbons (Fsp3) is 0.500. The summed E-state index contributed by atoms with van der Waals surface area (Å²) in [6, 6.07) is 7.39. The van der Waals surface area contributed by atoms with Gasteiger partial charge in [0.25, 0.3) is 0 Å². The molecule has 2 aliphatic rings. The van der Waals surface area contributed by atoms with Crippen LogP contribution >= 0.6 is 0 Å². The first-order valence-electron chi connectivity index (χ1n) is 8.56. The topological polar surface area (TPSA) is 28.3 Å². The first kappa shape index (κ1) is 14.3. The maximum Gasteiger partial charge on any atom is 0.135 e. The predicted octanol–water partition coefficient (Wildman–Crippen LogP) is -0.380. The van der Waals surface area contributed by atoms with Crippen molar-refractivity contribution < 1.29 is 4.74 Å². The van der Waals surface area contributed by atoms with Gasteiger partial charge in [-0.1, -0.05) is 0 Å². The molecule has 1 N–H and O–H groups in total. The number of nitrogens with zero attached hydrogens (tertiary/aromatic N) is 1. The van der Waals surface area contributed by atoms with Crippen molar-refractivity contribution >= 4 is 34.4 Å². The number of hydrogen-bond acceptors (Lipinski definition) is 2. The summed E-state index contributed by atoms with van der Waals surface area (Å²) in [6.45, 7) is 2.42. The van der Waals surface area contributed by atoms with E-state index in [9.17, 15) is 0 Å². The molecule has 1 saturated carbocycles. The molecule has 0 spiro atoms. The number of fused-ring (bicyclic) bond motifs is 3. The number of aromatic amines is 1. The second-order valence-electron chi connectivity index (χ2n) is 7.77. The number of hydrogen-bond donors (Lipinski definition) is 1. The standard InChI is InChI=1S/C16H23B3N2O/c17-16(18,19)22-11-3-4-12-13-5-7-21(10-1-2-10)8-6-14(13)20-15(12)9-11/h3-4,9-10,20H,1-2,5-8,17-19H2. The Kier molecular flexibility index (Phi) is 3.33. The lowest BCUT2D eigenvalue weighted by molar-refractivity contribution is 0.277. The highest BCUT2D eigenvalue weighted by Crippen LogP contribution is 2.32. The Morgan fingerprint density at radius 2 is 1.91 bits per heavy atom. The Balaban J connectivity index is 1.62. The van der Waals surface area contributed by atoms with Crippen LogP contribution in [0.4, 0.5) is 0 Å². The molecule has 3 nitrogen and oxygen atoms in total. The van der Waals surface area contributed by atoms with Crippen LogP contribution in [0.3, 0.4) is 0 Å². The fourth-order valence-corrected chi connectivity index (χ4v) is 3.63. The number of aromatic nitrogens is 1. The Morgan fingerprint density at radius 3 is 2.64 bits per heavy atom. The molecule has 112 valence electrons. The van der Waals surface area contributed by atoms with Gasteiger partial charge in [0, 0.05) is 53.5 Å². The Morgan fingerprint density at radius 1 is 1.14 bits per heavy atom. The normalized spacial score (nSPS) is 19.8. The van der Waals surface area contributed by atoms with E-state index in [1.165, 1.54) is 54.5 Å². The number of nitrogens with one attached hydrogen (secondary N) is 1. The average molecular weight is 292 g/mol. The van der Waals surface area contributed by atoms with Crippen LogP contribution in [0.25, 0.3) is 10.9 Å². The van der Waals surface area contributed by atoms with Crippen LogP contribution in [0.1, 0.15) is 24.1 Å². The lowest BCUT2D eigenvalue weighted by Crippen LogP contribution is -2.37. The highest BCUT2D eigenvalue weighted by atomic mass is 16.5. The Labute approximate surface area is 135 Å². The summed E-state index contributed by atoms with van der Waals surface area (Å²) in [5.74, 6) is 0.955. The third kappa shape index (κ3) is 2.81. The van der Waals surface area contributed by atoms with Crippen LogP contribution < -0.4 is 4.74 Å². The van der Waals surface area contributed by atoms with E-state index >= 15 is 0 Å². The van der Waals surface area contributed by atoms with E-state index in [2.05, 4.69) is 51.6 Å². The minimum atomic E-state index is -0.151. The zero-order valence-corrected chi connectivity index (χ0v) is 13.9. The molecular formula is C16H23B3N2O. The molecule has 0 atom stereocenters. The summed E-state index contributed by atoms with van der Waals surface area (Å²) in [6.07, 6.45) is 5.13. The monoisotopic (exact) mass is 292 g/mol. The quantitative estimate of drug-likeness (QED) is 0.781. The summed E-state index contributed by atoms with van der Waals surface area (Å²) in [7, 11) is 6.27. The van der Waals surface area contributed by atoms with Crippen molar-refractivity contribution in [1.29, 1.82) is 0 Å². The van der Waals surface area contributed by atoms with Gasteiger partial charge in [0.2, 0.25) is 0 Å². The van der Waals surface area contributed by atoms with Crippen LogP contribution in [0.15, 0.2) is 18.2 Å². The van der Waals surface area contributed by atoms with Crippen molar-refractivity contribution in [1.82, 2.24) is 9.88 Å². The van der Waals surface area contributed by atoms with E-state index in [1.54, 1.807) is 0 Å². The van der Waals surface area contributed by atoms with Gasteiger partial charge in [0.05, 0.1) is 0 Å². The van der Waals surface area contributed by atoms with E-state index in [0.29, 0.717) is 0 Å². The molecule has 0 amide bonds. The van der Waals surface area contributed by atoms with Crippen molar-refractivity contribution in [2.45, 2.75) is 37.0 Å². The molecule has 2 heterocycles. The van der Waals surface area contributed by atoms with E-state index in [-0.39, 0.29) is 5.30 Å². The average Bonchev–Trinajstić information content (AvgIpc) is 3.22. The summed E-state index contributed by atoms with van der Waals surface area (Å²) < 4.78 is 6.00. The molecule has 22 heavy (non-hydrogen) atoms. The molecule has 1 aromatic carbocycles. The van der Waals surface area contributed by atoms with E-state index < -0.39 is 0 Å². The third-order valence-corrected chi connectivity index (χ3v) is 4.75. The van der Waals surface area contributed by atoms with E-state index in [1.807, 2.05) is 0 Å². The second-order valence-corrected chi connectivity index (χ2v) is 7.77. The van der Waals surface area contributed by atoms with Crippen LogP contribution in [0.2, 0.25) is 0 Å². The van der Waals surface area contributed by atoms with Gasteiger partial charge in [-0.3, -0.25) is 4.90 Å². The molecule has 6 heteroatoms. The number of benzene rings is 1. The number of H-pyrrole nitrogens is 1. The first-order chi connectivity index (χ1) is 10.5. The van der Waals surface area contributed by atoms with Gasteiger partial charge in [-0.2, -0.15) is 0 Å². The van der Waals surface area contributed by atoms with Crippen molar-refractivity contribution in [3.63, 3.8) is 0 Å². The lowest BCUT2D eigenvalue weighted by Gasteiger charge is -2.21. The second kappa shape index (κ2) is 5.12. The largest absolute Gasteiger partial charge is 0.514 e. The number of rotatable bonds is 3. The summed E-state index contributed by atoms with van der Waals surface area (Å²) >= 11 is 0. The van der Waals surface area contributed by atoms with Crippen LogP contribution in [-0.2, 0) is 12.8 Å². The van der Waals surface area contributed by atoms with Gasteiger partial charge in [0.15, 0.2) is 0 Å². The molecule has 0 unspecified atom stereocenters. The highest BCUT2D eigenvalue weighted by Gasteiger charge is 2.30. The maximum atomic E-state index is 6.00. The van der Waals surface area contributed by atoms with Crippen molar-refractivity contribution in [2.75, 3.05) is 13.1 Å². The van der Waals surface area contributed by atoms with Gasteiger partial charge in [-0.15, -0.1) is 0 Å². The molecule has 0 saturated heterocycles. The van der Waals surface area contributed by atoms with E-state index in [4.69, 9.17) is 4.74 Å². The summed E-state index contributed by atoms with van der Waals surface area (Å²) in [4.78, 5) is 6.33. The van der Waals surface area contributed by atoms with Crippen molar-refractivity contribution in [2.24, 2.45) is 0 Å². The molecule has 2 aromatic rings. The first-order valence-corrected chi connectivity index (χ1v) is 8.56. The van der Waals surface area contributed by atoms with E-state index in [0.717, 1.165) is 18.2 Å². The van der Waals surface area contributed by atoms with Crippen molar-refractivity contribution in [3.8, 4) is 5.75 Å². The Hall–Kier alpha value is -1.29. The molecular weight excluding hydrogens is 269 g/mol. The number of ether oxygens (including phenoxy) is 1. The van der Waals surface area contributed by atoms with Gasteiger partial charge in [0.1, 0.15) is 29.3 Å². The highest BCUT2D eigenvalue weighted by molar-refractivity contribution is 6.58. The molecule has 1 aromatic heterocycles. The van der Waals surface area contributed by atoms with Crippen LogP contribution in [-0.4, -0.2) is 57.9 Å². The maximum absolute atomic E-state index is 6.00. The van der Waals surface area contributed by atoms with Crippen LogP contribution in [0.5, 0.6) is 5.75 Å². The minimum absolute atomic E-state index is 0.151. The van der Waals surface area contributed by atoms with Gasteiger partial charge in [-0.25, -0.2) is 0 Å². The Bertz CT molecular complexity index is 703. The SMILES string of the molecule is BC(B)(B)Oc1ccc2c3c([nH]c2c1)CCN(C1CC1)CC3. The lowest BCUT2D eigenvalue weighted by atomic mass is 9.52. The fourth-order valence-electron chi connectivity index (χ4n) is 3.63. The summed E-state index contributed by atoms with van der Waals surface area (Å²) in [5.41, 5.74) is 4.19. The smallest absolute Gasteiger partial charge is 0.135 e. The molecule has 4 rings (SSSR count). The predicted molar refractivity (Wildman–Crippen MR) is 99.3 cm³/mol. The van der Waals surface area contributed by atoms with Gasteiger partial charge >= 0.3 is 0 Å². The van der Waals surface area contributed by atoms with Gasteiger partial charge < -0.3 is 9.72 Å². The molecule has 0 radical (unpaired) electrons. The zero-order chi connectivity index (χ0) is 15.3.